The minimum Gasteiger partial charge on any atom is -0.384 e. The van der Waals surface area contributed by atoms with Gasteiger partial charge in [-0.3, -0.25) is 14.5 Å². The van der Waals surface area contributed by atoms with Gasteiger partial charge >= 0.3 is 6.18 Å². The Morgan fingerprint density at radius 2 is 1.97 bits per heavy atom. The van der Waals surface area contributed by atoms with Gasteiger partial charge in [-0.25, -0.2) is 0 Å². The topological polar surface area (TPSA) is 75.1 Å². The monoisotopic (exact) mass is 542 g/mol. The van der Waals surface area contributed by atoms with Crippen molar-refractivity contribution >= 4 is 27.9 Å². The number of pyridine rings is 1. The summed E-state index contributed by atoms with van der Waals surface area (Å²) < 4.78 is 42.8. The van der Waals surface area contributed by atoms with Gasteiger partial charge in [-0.1, -0.05) is 18.7 Å². The van der Waals surface area contributed by atoms with E-state index in [1.165, 1.54) is 6.20 Å². The first-order valence-electron chi connectivity index (χ1n) is 13.3. The predicted octanol–water partition coefficient (Wildman–Crippen LogP) is 5.49. The highest BCUT2D eigenvalue weighted by atomic mass is 19.4. The van der Waals surface area contributed by atoms with Crippen LogP contribution in [0, 0.1) is 5.92 Å². The number of nitrogens with one attached hydrogen (secondary N) is 2. The fourth-order valence-electron chi connectivity index (χ4n) is 4.80. The maximum absolute atomic E-state index is 13.7. The van der Waals surface area contributed by atoms with E-state index in [0.717, 1.165) is 31.7 Å². The number of fused-ring (bicyclic) bond motifs is 1. The lowest BCUT2D eigenvalue weighted by Gasteiger charge is -2.18. The molecule has 0 aliphatic carbocycles. The van der Waals surface area contributed by atoms with Crippen LogP contribution in [0.3, 0.4) is 0 Å². The number of amides is 1. The molecule has 1 aromatic carbocycles. The Kier molecular flexibility index (Phi) is 8.34. The molecule has 4 rings (SSSR count). The van der Waals surface area contributed by atoms with Crippen LogP contribution in [0.4, 0.5) is 18.9 Å². The van der Waals surface area contributed by atoms with Crippen LogP contribution in [-0.4, -0.2) is 65.0 Å². The average molecular weight is 543 g/mol. The summed E-state index contributed by atoms with van der Waals surface area (Å²) in [6.07, 6.45) is 0.630. The minimum absolute atomic E-state index is 0.155. The summed E-state index contributed by atoms with van der Waals surface area (Å²) >= 11 is 0. The molecule has 0 radical (unpaired) electrons. The number of carbonyl (C=O) groups excluding carboxylic acids is 1. The van der Waals surface area contributed by atoms with Crippen LogP contribution >= 0.6 is 0 Å². The van der Waals surface area contributed by atoms with Crippen LogP contribution in [0.1, 0.15) is 55.4 Å². The Morgan fingerprint density at radius 3 is 2.62 bits per heavy atom. The Labute approximate surface area is 227 Å². The molecular weight excluding hydrogens is 505 g/mol. The van der Waals surface area contributed by atoms with Gasteiger partial charge in [0.1, 0.15) is 0 Å². The van der Waals surface area contributed by atoms with Crippen molar-refractivity contribution in [3.05, 3.63) is 60.2 Å². The van der Waals surface area contributed by atoms with E-state index in [1.807, 2.05) is 32.9 Å². The molecule has 210 valence electrons. The lowest BCUT2D eigenvalue weighted by atomic mass is 10.0. The first-order valence-corrected chi connectivity index (χ1v) is 13.3. The number of rotatable bonds is 9. The number of allylic oxidation sites excluding steroid dienone is 1. The summed E-state index contributed by atoms with van der Waals surface area (Å²) in [5, 5.41) is 11.7. The number of halogens is 3. The number of carbonyl (C=O) groups is 1. The van der Waals surface area contributed by atoms with E-state index in [2.05, 4.69) is 39.2 Å². The van der Waals surface area contributed by atoms with Gasteiger partial charge in [0.2, 0.25) is 0 Å². The van der Waals surface area contributed by atoms with Crippen molar-refractivity contribution in [3.8, 4) is 0 Å². The van der Waals surface area contributed by atoms with E-state index in [1.54, 1.807) is 23.0 Å². The third-order valence-electron chi connectivity index (χ3n) is 7.05. The molecule has 39 heavy (non-hydrogen) atoms. The van der Waals surface area contributed by atoms with Gasteiger partial charge < -0.3 is 15.5 Å². The first kappa shape index (κ1) is 28.6. The summed E-state index contributed by atoms with van der Waals surface area (Å²) in [5.41, 5.74) is 0.408. The molecule has 3 aromatic rings. The van der Waals surface area contributed by atoms with E-state index in [9.17, 15) is 18.0 Å². The van der Waals surface area contributed by atoms with Crippen LogP contribution in [0.2, 0.25) is 0 Å². The van der Waals surface area contributed by atoms with Gasteiger partial charge in [0.15, 0.2) is 0 Å². The molecule has 0 spiro atoms. The van der Waals surface area contributed by atoms with E-state index < -0.39 is 11.7 Å². The largest absolute Gasteiger partial charge is 0.417 e. The highest BCUT2D eigenvalue weighted by Gasteiger charge is 2.35. The number of hydrogen-bond donors (Lipinski definition) is 2. The summed E-state index contributed by atoms with van der Waals surface area (Å²) in [7, 11) is 2.09. The molecule has 1 amide bonds. The summed E-state index contributed by atoms with van der Waals surface area (Å²) in [5.74, 6) is 0.238. The number of benzene rings is 1. The maximum atomic E-state index is 13.7. The second-order valence-electron chi connectivity index (χ2n) is 11.3. The Morgan fingerprint density at radius 1 is 1.21 bits per heavy atom. The molecule has 1 saturated heterocycles. The first-order chi connectivity index (χ1) is 18.3. The number of nitrogens with zero attached hydrogens (tertiary/aromatic N) is 4. The van der Waals surface area contributed by atoms with Crippen LogP contribution in [-0.2, 0) is 12.0 Å². The van der Waals surface area contributed by atoms with Crippen molar-refractivity contribution in [3.63, 3.8) is 0 Å². The zero-order chi connectivity index (χ0) is 28.4. The van der Waals surface area contributed by atoms with Crippen molar-refractivity contribution in [2.75, 3.05) is 38.5 Å². The molecule has 1 atom stereocenters. The van der Waals surface area contributed by atoms with Crippen LogP contribution in [0.25, 0.3) is 16.3 Å². The van der Waals surface area contributed by atoms with Gasteiger partial charge in [-0.05, 0) is 71.7 Å². The molecule has 1 aliphatic rings. The van der Waals surface area contributed by atoms with E-state index in [-0.39, 0.29) is 17.1 Å². The van der Waals surface area contributed by atoms with E-state index in [0.29, 0.717) is 47.3 Å². The molecular formula is C29H37F3N6O. The fraction of sp³-hybridized carbons (Fsp3) is 0.483. The molecule has 2 aromatic heterocycles. The smallest absolute Gasteiger partial charge is 0.384 e. The van der Waals surface area contributed by atoms with Gasteiger partial charge in [-0.15, -0.1) is 0 Å². The van der Waals surface area contributed by atoms with Crippen LogP contribution < -0.4 is 10.6 Å². The number of hydrogen-bond acceptors (Lipinski definition) is 5. The normalized spacial score (nSPS) is 16.5. The van der Waals surface area contributed by atoms with E-state index >= 15 is 0 Å². The number of alkyl halides is 3. The lowest BCUT2D eigenvalue weighted by molar-refractivity contribution is -0.0688. The van der Waals surface area contributed by atoms with Gasteiger partial charge in [-0.2, -0.15) is 18.3 Å². The second kappa shape index (κ2) is 11.4. The lowest BCUT2D eigenvalue weighted by Crippen LogP contribution is -2.25. The Hall–Kier alpha value is -3.40. The standard InChI is InChI=1S/C29H37F3N6O/c1-19(29(30,31)32)26-23-9-6-10-25(34-15-20-11-13-37(5)17-20)24(23)14-22(36-26)8-7-12-33-27(39)21-16-35-38(18-21)28(2,3)4/h6,9-10,14,16,18,20,34H,1,7-8,11-13,15,17H2,2-5H3,(H,33,39)/t20-/m1/s1. The number of aryl methyl sites for hydroxylation is 1. The quantitative estimate of drug-likeness (QED) is 0.350. The summed E-state index contributed by atoms with van der Waals surface area (Å²) in [4.78, 5) is 19.2. The molecule has 0 saturated carbocycles. The molecule has 1 aliphatic heterocycles. The minimum atomic E-state index is -4.60. The molecule has 0 bridgehead atoms. The molecule has 2 N–H and O–H groups in total. The number of likely N-dealkylation sites (tertiary alicyclic amines) is 1. The zero-order valence-electron chi connectivity index (χ0n) is 23.0. The third kappa shape index (κ3) is 6.98. The van der Waals surface area contributed by atoms with Crippen LogP contribution in [0.15, 0.2) is 43.2 Å². The molecule has 0 unspecified atom stereocenters. The zero-order valence-corrected chi connectivity index (χ0v) is 23.0. The molecule has 10 heteroatoms. The van der Waals surface area contributed by atoms with Crippen molar-refractivity contribution in [2.24, 2.45) is 5.92 Å². The average Bonchev–Trinajstić information content (AvgIpc) is 3.53. The fourth-order valence-corrected chi connectivity index (χ4v) is 4.80. The number of anilines is 1. The SMILES string of the molecule is C=C(c1nc(CCCNC(=O)c2cnn(C(C)(C)C)c2)cc2c(NC[C@H]3CCN(C)C3)cccc12)C(F)(F)F. The predicted molar refractivity (Wildman–Crippen MR) is 149 cm³/mol. The van der Waals surface area contributed by atoms with Gasteiger partial charge in [0.25, 0.3) is 5.91 Å². The number of aromatic nitrogens is 3. The highest BCUT2D eigenvalue weighted by molar-refractivity contribution is 6.00. The molecule has 3 heterocycles. The van der Waals surface area contributed by atoms with Crippen LogP contribution in [0.5, 0.6) is 0 Å². The highest BCUT2D eigenvalue weighted by Crippen LogP contribution is 2.37. The Bertz CT molecular complexity index is 1340. The van der Waals surface area contributed by atoms with E-state index in [4.69, 9.17) is 0 Å². The third-order valence-corrected chi connectivity index (χ3v) is 7.05. The van der Waals surface area contributed by atoms with Crippen molar-refractivity contribution in [1.82, 2.24) is 25.0 Å². The van der Waals surface area contributed by atoms with Gasteiger partial charge in [0.05, 0.1) is 28.6 Å². The van der Waals surface area contributed by atoms with Crippen molar-refractivity contribution < 1.29 is 18.0 Å². The summed E-state index contributed by atoms with van der Waals surface area (Å²) in [6, 6.07) is 7.14. The van der Waals surface area contributed by atoms with Crippen molar-refractivity contribution in [2.45, 2.75) is 51.7 Å². The van der Waals surface area contributed by atoms with Crippen molar-refractivity contribution in [1.29, 1.82) is 0 Å². The molecule has 1 fully saturated rings. The molecule has 7 nitrogen and oxygen atoms in total. The summed E-state index contributed by atoms with van der Waals surface area (Å²) in [6.45, 7) is 12.4. The second-order valence-corrected chi connectivity index (χ2v) is 11.3. The van der Waals surface area contributed by atoms with Gasteiger partial charge in [0, 0.05) is 48.0 Å². The maximum Gasteiger partial charge on any atom is 0.417 e. The Balaban J connectivity index is 1.50.